The van der Waals surface area contributed by atoms with Crippen LogP contribution >= 0.6 is 0 Å². The molecule has 2 aromatic carbocycles. The van der Waals surface area contributed by atoms with Crippen molar-refractivity contribution in [3.63, 3.8) is 0 Å². The molecular formula is C24H25N3O5. The van der Waals surface area contributed by atoms with Gasteiger partial charge in [-0.1, -0.05) is 6.07 Å². The van der Waals surface area contributed by atoms with Crippen molar-refractivity contribution < 1.29 is 19.1 Å². The highest BCUT2D eigenvalue weighted by Crippen LogP contribution is 2.16. The van der Waals surface area contributed by atoms with E-state index < -0.39 is 0 Å². The fourth-order valence-electron chi connectivity index (χ4n) is 2.94. The number of ether oxygens (including phenoxy) is 2. The molecule has 3 aromatic rings. The number of hydrogen-bond donors (Lipinski definition) is 2. The van der Waals surface area contributed by atoms with Crippen molar-refractivity contribution in [3.05, 3.63) is 88.3 Å². The predicted molar refractivity (Wildman–Crippen MR) is 121 cm³/mol. The molecule has 0 fully saturated rings. The molecular weight excluding hydrogens is 410 g/mol. The van der Waals surface area contributed by atoms with Gasteiger partial charge in [-0.3, -0.25) is 14.4 Å². The highest BCUT2D eigenvalue weighted by molar-refractivity contribution is 5.95. The van der Waals surface area contributed by atoms with E-state index in [1.165, 1.54) is 10.6 Å². The number of nitrogens with one attached hydrogen (secondary N) is 2. The van der Waals surface area contributed by atoms with Gasteiger partial charge in [0, 0.05) is 23.5 Å². The molecule has 0 spiro atoms. The average molecular weight is 435 g/mol. The highest BCUT2D eigenvalue weighted by atomic mass is 16.5. The van der Waals surface area contributed by atoms with Crippen LogP contribution in [0.3, 0.4) is 0 Å². The third-order valence-corrected chi connectivity index (χ3v) is 4.59. The van der Waals surface area contributed by atoms with Crippen molar-refractivity contribution in [1.82, 2.24) is 9.88 Å². The molecule has 0 saturated carbocycles. The number of carbonyl (C=O) groups is 2. The summed E-state index contributed by atoms with van der Waals surface area (Å²) in [6.07, 6.45) is 1.63. The molecule has 0 aliphatic heterocycles. The van der Waals surface area contributed by atoms with Crippen molar-refractivity contribution in [2.45, 2.75) is 13.5 Å². The summed E-state index contributed by atoms with van der Waals surface area (Å²) in [7, 11) is 1.60. The smallest absolute Gasteiger partial charge is 0.251 e. The van der Waals surface area contributed by atoms with E-state index in [1.54, 1.807) is 67.9 Å². The van der Waals surface area contributed by atoms with E-state index in [4.69, 9.17) is 9.47 Å². The van der Waals surface area contributed by atoms with Gasteiger partial charge in [0.2, 0.25) is 5.91 Å². The summed E-state index contributed by atoms with van der Waals surface area (Å²) in [5.41, 5.74) is 1.65. The standard InChI is InChI=1S/C24H25N3O5/c1-17-3-12-23(29)27(15-17)16-22(28)26-19-6-4-18(5-7-19)24(30)25-13-14-32-21-10-8-20(31-2)9-11-21/h3-12,15H,13-14,16H2,1-2H3,(H,25,30)(H,26,28). The lowest BCUT2D eigenvalue weighted by atomic mass is 10.2. The molecule has 32 heavy (non-hydrogen) atoms. The molecule has 2 N–H and O–H groups in total. The number of hydrogen-bond acceptors (Lipinski definition) is 5. The summed E-state index contributed by atoms with van der Waals surface area (Å²) in [4.78, 5) is 36.3. The van der Waals surface area contributed by atoms with E-state index in [1.807, 2.05) is 6.92 Å². The maximum absolute atomic E-state index is 12.3. The van der Waals surface area contributed by atoms with Crippen LogP contribution < -0.4 is 25.7 Å². The van der Waals surface area contributed by atoms with Gasteiger partial charge < -0.3 is 24.7 Å². The lowest BCUT2D eigenvalue weighted by Crippen LogP contribution is -2.28. The molecule has 0 aliphatic rings. The van der Waals surface area contributed by atoms with Crippen LogP contribution in [-0.2, 0) is 11.3 Å². The van der Waals surface area contributed by atoms with E-state index in [0.29, 0.717) is 30.2 Å². The highest BCUT2D eigenvalue weighted by Gasteiger charge is 2.08. The van der Waals surface area contributed by atoms with E-state index in [0.717, 1.165) is 11.3 Å². The van der Waals surface area contributed by atoms with Gasteiger partial charge >= 0.3 is 0 Å². The van der Waals surface area contributed by atoms with E-state index in [-0.39, 0.29) is 23.9 Å². The third-order valence-electron chi connectivity index (χ3n) is 4.59. The Morgan fingerprint density at radius 1 is 0.938 bits per heavy atom. The second-order valence-electron chi connectivity index (χ2n) is 7.08. The van der Waals surface area contributed by atoms with Crippen LogP contribution in [0.15, 0.2) is 71.7 Å². The van der Waals surface area contributed by atoms with Crippen molar-refractivity contribution in [2.75, 3.05) is 25.6 Å². The van der Waals surface area contributed by atoms with Gasteiger partial charge in [0.05, 0.1) is 13.7 Å². The Bertz CT molecular complexity index is 1120. The Kier molecular flexibility index (Phi) is 7.64. The number of nitrogens with zero attached hydrogens (tertiary/aromatic N) is 1. The van der Waals surface area contributed by atoms with Gasteiger partial charge in [-0.25, -0.2) is 0 Å². The van der Waals surface area contributed by atoms with E-state index in [9.17, 15) is 14.4 Å². The van der Waals surface area contributed by atoms with Gasteiger partial charge in [-0.05, 0) is 61.0 Å². The Balaban J connectivity index is 1.44. The van der Waals surface area contributed by atoms with Gasteiger partial charge in [-0.2, -0.15) is 0 Å². The van der Waals surface area contributed by atoms with Gasteiger partial charge in [0.15, 0.2) is 0 Å². The summed E-state index contributed by atoms with van der Waals surface area (Å²) in [5.74, 6) is 0.862. The normalized spacial score (nSPS) is 10.3. The summed E-state index contributed by atoms with van der Waals surface area (Å²) in [6, 6.07) is 16.8. The zero-order valence-corrected chi connectivity index (χ0v) is 18.0. The maximum atomic E-state index is 12.3. The lowest BCUT2D eigenvalue weighted by Gasteiger charge is -2.10. The molecule has 3 rings (SSSR count). The summed E-state index contributed by atoms with van der Waals surface area (Å²) in [6.45, 7) is 2.43. The molecule has 0 saturated heterocycles. The van der Waals surface area contributed by atoms with E-state index >= 15 is 0 Å². The van der Waals surface area contributed by atoms with Crippen LogP contribution in [-0.4, -0.2) is 36.6 Å². The zero-order chi connectivity index (χ0) is 22.9. The Morgan fingerprint density at radius 2 is 1.62 bits per heavy atom. The Labute approximate surface area is 185 Å². The summed E-state index contributed by atoms with van der Waals surface area (Å²) < 4.78 is 12.0. The minimum Gasteiger partial charge on any atom is -0.497 e. The van der Waals surface area contributed by atoms with Crippen molar-refractivity contribution in [3.8, 4) is 11.5 Å². The first kappa shape index (κ1) is 22.6. The third kappa shape index (κ3) is 6.46. The van der Waals surface area contributed by atoms with Crippen LogP contribution in [0.5, 0.6) is 11.5 Å². The molecule has 0 bridgehead atoms. The molecule has 0 aliphatic carbocycles. The number of amides is 2. The van der Waals surface area contributed by atoms with Crippen LogP contribution in [0.2, 0.25) is 0 Å². The molecule has 8 nitrogen and oxygen atoms in total. The number of rotatable bonds is 9. The summed E-state index contributed by atoms with van der Waals surface area (Å²) in [5, 5.41) is 5.50. The molecule has 0 unspecified atom stereocenters. The lowest BCUT2D eigenvalue weighted by molar-refractivity contribution is -0.116. The van der Waals surface area contributed by atoms with Gasteiger partial charge in [-0.15, -0.1) is 0 Å². The van der Waals surface area contributed by atoms with Crippen LogP contribution in [0.4, 0.5) is 5.69 Å². The fourth-order valence-corrected chi connectivity index (χ4v) is 2.94. The second-order valence-corrected chi connectivity index (χ2v) is 7.08. The topological polar surface area (TPSA) is 98.7 Å². The monoisotopic (exact) mass is 435 g/mol. The molecule has 2 amide bonds. The maximum Gasteiger partial charge on any atom is 0.251 e. The Morgan fingerprint density at radius 3 is 2.31 bits per heavy atom. The summed E-state index contributed by atoms with van der Waals surface area (Å²) >= 11 is 0. The minimum atomic E-state index is -0.328. The number of pyridine rings is 1. The van der Waals surface area contributed by atoms with Crippen molar-refractivity contribution in [2.24, 2.45) is 0 Å². The minimum absolute atomic E-state index is 0.0864. The number of aryl methyl sites for hydroxylation is 1. The molecule has 0 atom stereocenters. The fraction of sp³-hybridized carbons (Fsp3) is 0.208. The molecule has 1 aromatic heterocycles. The van der Waals surface area contributed by atoms with Crippen molar-refractivity contribution in [1.29, 1.82) is 0 Å². The largest absolute Gasteiger partial charge is 0.497 e. The average Bonchev–Trinajstić information content (AvgIpc) is 2.80. The number of carbonyl (C=O) groups excluding carboxylic acids is 2. The number of aromatic nitrogens is 1. The predicted octanol–water partition coefficient (Wildman–Crippen LogP) is 2.61. The number of benzene rings is 2. The quantitative estimate of drug-likeness (QED) is 0.504. The number of anilines is 1. The van der Waals surface area contributed by atoms with Crippen molar-refractivity contribution >= 4 is 17.5 Å². The number of methoxy groups -OCH3 is 1. The molecule has 1 heterocycles. The Hall–Kier alpha value is -4.07. The van der Waals surface area contributed by atoms with Gasteiger partial charge in [0.1, 0.15) is 24.7 Å². The van der Waals surface area contributed by atoms with E-state index in [2.05, 4.69) is 10.6 Å². The van der Waals surface area contributed by atoms with Crippen LogP contribution in [0.25, 0.3) is 0 Å². The zero-order valence-electron chi connectivity index (χ0n) is 18.0. The van der Waals surface area contributed by atoms with Crippen LogP contribution in [0, 0.1) is 6.92 Å². The molecule has 8 heteroatoms. The second kappa shape index (κ2) is 10.8. The molecule has 166 valence electrons. The first-order valence-corrected chi connectivity index (χ1v) is 10.1. The van der Waals surface area contributed by atoms with Gasteiger partial charge in [0.25, 0.3) is 11.5 Å². The first-order chi connectivity index (χ1) is 15.4. The first-order valence-electron chi connectivity index (χ1n) is 10.1. The molecule has 0 radical (unpaired) electrons. The van der Waals surface area contributed by atoms with Crippen LogP contribution in [0.1, 0.15) is 15.9 Å². The SMILES string of the molecule is COc1ccc(OCCNC(=O)c2ccc(NC(=O)Cn3cc(C)ccc3=O)cc2)cc1.